The second-order valence-electron chi connectivity index (χ2n) is 5.67. The number of benzene rings is 1. The number of thiol groups is 1. The van der Waals surface area contributed by atoms with Crippen molar-refractivity contribution in [3.05, 3.63) is 35.6 Å². The predicted octanol–water partition coefficient (Wildman–Crippen LogP) is 2.58. The molecule has 1 atom stereocenters. The van der Waals surface area contributed by atoms with E-state index in [4.69, 9.17) is 24.1 Å². The molecule has 0 bridgehead atoms. The summed E-state index contributed by atoms with van der Waals surface area (Å²) in [6.45, 7) is 0.279. The molecule has 0 radical (unpaired) electrons. The summed E-state index contributed by atoms with van der Waals surface area (Å²) in [5, 5.41) is 7.86. The van der Waals surface area contributed by atoms with E-state index in [1.165, 1.54) is 6.08 Å². The van der Waals surface area contributed by atoms with E-state index in [0.717, 1.165) is 29.9 Å². The molecule has 0 spiro atoms. The molecule has 2 heterocycles. The minimum absolute atomic E-state index is 0.132. The lowest BCUT2D eigenvalue weighted by atomic mass is 10.0. The number of fused-ring (bicyclic) bond motifs is 1. The van der Waals surface area contributed by atoms with Crippen LogP contribution >= 0.6 is 12.6 Å². The Morgan fingerprint density at radius 1 is 1.35 bits per heavy atom. The minimum atomic E-state index is -0.787. The number of esters is 1. The smallest absolute Gasteiger partial charge is 0.334 e. The van der Waals surface area contributed by atoms with Crippen LogP contribution in [-0.2, 0) is 25.5 Å². The van der Waals surface area contributed by atoms with Crippen molar-refractivity contribution < 1.29 is 33.6 Å². The topological polar surface area (TPSA) is 91.3 Å². The molecule has 8 heteroatoms. The predicted molar refractivity (Wildman–Crippen MR) is 96.6 cm³/mol. The van der Waals surface area contributed by atoms with Crippen LogP contribution < -0.4 is 9.47 Å². The number of aliphatic carboxylic acids is 1. The van der Waals surface area contributed by atoms with Gasteiger partial charge in [0.1, 0.15) is 11.9 Å². The molecule has 1 aromatic rings. The SMILES string of the molecule is COC1=CC(=O)O[C@@H](CCc2ccc3c(c2)OCO3)C1.O=C(O)CCS. The van der Waals surface area contributed by atoms with Gasteiger partial charge in [0.05, 0.1) is 19.6 Å². The molecule has 0 saturated carbocycles. The summed E-state index contributed by atoms with van der Waals surface area (Å²) in [6.07, 6.45) is 3.62. The van der Waals surface area contributed by atoms with Crippen LogP contribution in [0.4, 0.5) is 0 Å². The molecule has 2 aliphatic rings. The number of aryl methyl sites for hydroxylation is 1. The van der Waals surface area contributed by atoms with Crippen molar-refractivity contribution in [1.82, 2.24) is 0 Å². The fourth-order valence-electron chi connectivity index (χ4n) is 2.48. The molecular formula is C18H22O7S. The number of hydrogen-bond donors (Lipinski definition) is 2. The Bertz CT molecular complexity index is 672. The van der Waals surface area contributed by atoms with Crippen molar-refractivity contribution in [2.24, 2.45) is 0 Å². The van der Waals surface area contributed by atoms with Gasteiger partial charge in [-0.1, -0.05) is 6.07 Å². The first-order valence-corrected chi connectivity index (χ1v) is 8.81. The molecule has 2 aliphatic heterocycles. The number of carboxylic acids is 1. The number of hydrogen-bond acceptors (Lipinski definition) is 7. The second kappa shape index (κ2) is 9.96. The van der Waals surface area contributed by atoms with Gasteiger partial charge in [0.25, 0.3) is 0 Å². The van der Waals surface area contributed by atoms with E-state index >= 15 is 0 Å². The zero-order valence-corrected chi connectivity index (χ0v) is 15.4. The van der Waals surface area contributed by atoms with Crippen molar-refractivity contribution in [2.45, 2.75) is 31.8 Å². The lowest BCUT2D eigenvalue weighted by Gasteiger charge is -2.22. The molecule has 0 aliphatic carbocycles. The van der Waals surface area contributed by atoms with Crippen LogP contribution in [0.3, 0.4) is 0 Å². The molecule has 0 fully saturated rings. The standard InChI is InChI=1S/C15H16O5.C3H6O2S/c1-17-12-7-11(20-15(16)8-12)4-2-10-3-5-13-14(6-10)19-9-18-13;4-3(5)1-2-6/h3,5-6,8,11H,2,4,7,9H2,1H3;6H,1-2H2,(H,4,5)/t11-;/m0./s1. The van der Waals surface area contributed by atoms with E-state index in [2.05, 4.69) is 12.6 Å². The van der Waals surface area contributed by atoms with Crippen LogP contribution in [0, 0.1) is 0 Å². The Labute approximate surface area is 157 Å². The molecule has 3 rings (SSSR count). The summed E-state index contributed by atoms with van der Waals surface area (Å²) in [4.78, 5) is 20.9. The van der Waals surface area contributed by atoms with E-state index in [1.807, 2.05) is 18.2 Å². The lowest BCUT2D eigenvalue weighted by Crippen LogP contribution is -2.23. The summed E-state index contributed by atoms with van der Waals surface area (Å²) in [5.74, 6) is 1.55. The third-order valence-corrected chi connectivity index (χ3v) is 3.99. The third-order valence-electron chi connectivity index (χ3n) is 3.77. The zero-order chi connectivity index (χ0) is 18.9. The molecule has 0 unspecified atom stereocenters. The molecule has 7 nitrogen and oxygen atoms in total. The molecule has 0 aromatic heterocycles. The number of carbonyl (C=O) groups excluding carboxylic acids is 1. The average Bonchev–Trinajstić information content (AvgIpc) is 3.07. The Kier molecular flexibility index (Phi) is 7.65. The highest BCUT2D eigenvalue weighted by Crippen LogP contribution is 2.33. The fraction of sp³-hybridized carbons (Fsp3) is 0.444. The maximum absolute atomic E-state index is 11.4. The van der Waals surface area contributed by atoms with Gasteiger partial charge in [0.15, 0.2) is 11.5 Å². The van der Waals surface area contributed by atoms with Crippen LogP contribution in [-0.4, -0.2) is 42.8 Å². The summed E-state index contributed by atoms with van der Waals surface area (Å²) >= 11 is 3.68. The lowest BCUT2D eigenvalue weighted by molar-refractivity contribution is -0.145. The number of cyclic esters (lactones) is 1. The van der Waals surface area contributed by atoms with Crippen molar-refractivity contribution in [1.29, 1.82) is 0 Å². The van der Waals surface area contributed by atoms with Gasteiger partial charge < -0.3 is 24.1 Å². The van der Waals surface area contributed by atoms with Crippen LogP contribution in [0.5, 0.6) is 11.5 Å². The van der Waals surface area contributed by atoms with Gasteiger partial charge in [-0.05, 0) is 30.5 Å². The Morgan fingerprint density at radius 2 is 2.12 bits per heavy atom. The van der Waals surface area contributed by atoms with E-state index < -0.39 is 5.97 Å². The summed E-state index contributed by atoms with van der Waals surface area (Å²) in [6, 6.07) is 5.89. The monoisotopic (exact) mass is 382 g/mol. The Hall–Kier alpha value is -2.35. The largest absolute Gasteiger partial charge is 0.501 e. The molecular weight excluding hydrogens is 360 g/mol. The minimum Gasteiger partial charge on any atom is -0.501 e. The van der Waals surface area contributed by atoms with E-state index in [-0.39, 0.29) is 25.3 Å². The first kappa shape index (κ1) is 20.0. The number of carboxylic acid groups (broad SMARTS) is 1. The molecule has 142 valence electrons. The van der Waals surface area contributed by atoms with Gasteiger partial charge in [0.2, 0.25) is 6.79 Å². The van der Waals surface area contributed by atoms with Crippen LogP contribution in [0.15, 0.2) is 30.0 Å². The number of carbonyl (C=O) groups is 2. The van der Waals surface area contributed by atoms with Gasteiger partial charge in [-0.2, -0.15) is 12.6 Å². The van der Waals surface area contributed by atoms with E-state index in [0.29, 0.717) is 17.9 Å². The third kappa shape index (κ3) is 6.18. The van der Waals surface area contributed by atoms with Crippen LogP contribution in [0.1, 0.15) is 24.8 Å². The van der Waals surface area contributed by atoms with Gasteiger partial charge in [-0.15, -0.1) is 0 Å². The highest BCUT2D eigenvalue weighted by Gasteiger charge is 2.22. The van der Waals surface area contributed by atoms with Crippen molar-refractivity contribution in [3.63, 3.8) is 0 Å². The Morgan fingerprint density at radius 3 is 2.77 bits per heavy atom. The summed E-state index contributed by atoms with van der Waals surface area (Å²) < 4.78 is 21.0. The second-order valence-corrected chi connectivity index (χ2v) is 6.12. The van der Waals surface area contributed by atoms with Gasteiger partial charge >= 0.3 is 11.9 Å². The maximum Gasteiger partial charge on any atom is 0.334 e. The molecule has 26 heavy (non-hydrogen) atoms. The fourth-order valence-corrected chi connectivity index (χ4v) is 2.67. The highest BCUT2D eigenvalue weighted by atomic mass is 32.1. The number of rotatable bonds is 6. The van der Waals surface area contributed by atoms with E-state index in [1.54, 1.807) is 7.11 Å². The summed E-state index contributed by atoms with van der Waals surface area (Å²) in [7, 11) is 1.57. The Balaban J connectivity index is 0.000000352. The van der Waals surface area contributed by atoms with E-state index in [9.17, 15) is 9.59 Å². The van der Waals surface area contributed by atoms with Crippen LogP contribution in [0.25, 0.3) is 0 Å². The molecule has 0 saturated heterocycles. The van der Waals surface area contributed by atoms with Crippen molar-refractivity contribution in [3.8, 4) is 11.5 Å². The van der Waals surface area contributed by atoms with Crippen molar-refractivity contribution in [2.75, 3.05) is 19.7 Å². The van der Waals surface area contributed by atoms with Gasteiger partial charge in [0, 0.05) is 12.2 Å². The molecule has 1 N–H and O–H groups in total. The highest BCUT2D eigenvalue weighted by molar-refractivity contribution is 7.80. The van der Waals surface area contributed by atoms with Gasteiger partial charge in [-0.25, -0.2) is 4.79 Å². The first-order valence-electron chi connectivity index (χ1n) is 8.18. The zero-order valence-electron chi connectivity index (χ0n) is 14.5. The first-order chi connectivity index (χ1) is 12.5. The number of ether oxygens (including phenoxy) is 4. The van der Waals surface area contributed by atoms with Crippen molar-refractivity contribution >= 4 is 24.6 Å². The quantitative estimate of drug-likeness (QED) is 0.577. The number of methoxy groups -OCH3 is 1. The molecule has 1 aromatic carbocycles. The summed E-state index contributed by atoms with van der Waals surface area (Å²) in [5.41, 5.74) is 1.14. The maximum atomic E-state index is 11.4. The normalized spacial score (nSPS) is 17.5. The average molecular weight is 382 g/mol. The van der Waals surface area contributed by atoms with Crippen LogP contribution in [0.2, 0.25) is 0 Å². The molecule has 0 amide bonds. The van der Waals surface area contributed by atoms with Gasteiger partial charge in [-0.3, -0.25) is 4.79 Å².